The third kappa shape index (κ3) is 3.99. The van der Waals surface area contributed by atoms with Gasteiger partial charge in [-0.25, -0.2) is 4.68 Å². The fourth-order valence-corrected chi connectivity index (χ4v) is 3.94. The van der Waals surface area contributed by atoms with Crippen LogP contribution >= 0.6 is 0 Å². The van der Waals surface area contributed by atoms with Crippen LogP contribution in [0.1, 0.15) is 6.92 Å². The molecule has 0 aliphatic carbocycles. The molecule has 1 fully saturated rings. The Kier molecular flexibility index (Phi) is 5.57. The van der Waals surface area contributed by atoms with Crippen LogP contribution in [-0.4, -0.2) is 61.3 Å². The lowest BCUT2D eigenvalue weighted by atomic mass is 9.95. The average Bonchev–Trinajstić information content (AvgIpc) is 3.48. The lowest BCUT2D eigenvalue weighted by molar-refractivity contribution is -0.165. The van der Waals surface area contributed by atoms with Gasteiger partial charge in [-0.1, -0.05) is 5.16 Å². The van der Waals surface area contributed by atoms with Gasteiger partial charge in [-0.3, -0.25) is 19.3 Å². The molecular weight excluding hydrogens is 470 g/mol. The normalized spacial score (nSPS) is 17.8. The van der Waals surface area contributed by atoms with E-state index in [0.29, 0.717) is 28.2 Å². The summed E-state index contributed by atoms with van der Waals surface area (Å²) in [5.41, 5.74) is 4.64. The Morgan fingerprint density at radius 1 is 1.25 bits per heavy atom. The van der Waals surface area contributed by atoms with Crippen LogP contribution in [0.3, 0.4) is 0 Å². The van der Waals surface area contributed by atoms with Crippen molar-refractivity contribution in [3.8, 4) is 5.69 Å². The molecule has 1 saturated heterocycles. The molecule has 4 N–H and O–H groups in total. The third-order valence-corrected chi connectivity index (χ3v) is 6.00. The molecule has 1 aliphatic heterocycles. The summed E-state index contributed by atoms with van der Waals surface area (Å²) in [6.45, 7) is 1.47. The molecule has 0 saturated carbocycles. The molecule has 1 aliphatic rings. The first-order valence-electron chi connectivity index (χ1n) is 11.0. The number of anilines is 3. The highest BCUT2D eigenvalue weighted by molar-refractivity contribution is 6.06. The van der Waals surface area contributed by atoms with Crippen molar-refractivity contribution >= 4 is 40.1 Å². The van der Waals surface area contributed by atoms with E-state index in [4.69, 9.17) is 15.0 Å². The molecular formula is C23H23N7O6. The van der Waals surface area contributed by atoms with Gasteiger partial charge in [0.2, 0.25) is 5.56 Å². The van der Waals surface area contributed by atoms with Gasteiger partial charge in [0.05, 0.1) is 24.2 Å². The van der Waals surface area contributed by atoms with E-state index in [0.717, 1.165) is 0 Å². The van der Waals surface area contributed by atoms with Gasteiger partial charge in [0.25, 0.3) is 11.8 Å². The van der Waals surface area contributed by atoms with Gasteiger partial charge in [0.15, 0.2) is 28.9 Å². The average molecular weight is 493 g/mol. The van der Waals surface area contributed by atoms with E-state index in [1.807, 2.05) is 0 Å². The molecule has 2 amide bonds. The molecule has 13 heteroatoms. The number of carbonyl (C=O) groups is 2. The molecule has 3 aromatic heterocycles. The van der Waals surface area contributed by atoms with Gasteiger partial charge in [-0.05, 0) is 25.1 Å². The van der Waals surface area contributed by atoms with Gasteiger partial charge >= 0.3 is 0 Å². The van der Waals surface area contributed by atoms with E-state index in [-0.39, 0.29) is 24.5 Å². The zero-order chi connectivity index (χ0) is 25.6. The zero-order valence-electron chi connectivity index (χ0n) is 19.4. The number of ether oxygens (including phenoxy) is 1. The summed E-state index contributed by atoms with van der Waals surface area (Å²) in [5.74, 6) is -0.933. The number of aryl methyl sites for hydroxylation is 1. The zero-order valence-corrected chi connectivity index (χ0v) is 19.4. The van der Waals surface area contributed by atoms with Crippen LogP contribution < -0.4 is 21.5 Å². The molecule has 5 rings (SSSR count). The molecule has 1 unspecified atom stereocenters. The van der Waals surface area contributed by atoms with Gasteiger partial charge in [0, 0.05) is 43.3 Å². The predicted molar refractivity (Wildman–Crippen MR) is 129 cm³/mol. The van der Waals surface area contributed by atoms with Gasteiger partial charge in [-0.15, -0.1) is 5.10 Å². The smallest absolute Gasteiger partial charge is 0.260 e. The predicted octanol–water partition coefficient (Wildman–Crippen LogP) is 0.416. The van der Waals surface area contributed by atoms with Gasteiger partial charge in [-0.2, -0.15) is 0 Å². The molecule has 186 valence electrons. The maximum absolute atomic E-state index is 13.3. The second-order valence-electron chi connectivity index (χ2n) is 8.58. The van der Waals surface area contributed by atoms with Crippen molar-refractivity contribution in [2.75, 3.05) is 29.1 Å². The van der Waals surface area contributed by atoms with Crippen LogP contribution in [0.25, 0.3) is 16.7 Å². The first kappa shape index (κ1) is 23.3. The quantitative estimate of drug-likeness (QED) is 0.356. The molecule has 2 atom stereocenters. The number of hydrogen-bond donors (Lipinski definition) is 3. The molecule has 36 heavy (non-hydrogen) atoms. The number of nitrogen functional groups attached to an aromatic ring is 1. The lowest BCUT2D eigenvalue weighted by Crippen LogP contribution is -2.61. The number of carbonyl (C=O) groups excluding carboxylic acids is 2. The summed E-state index contributed by atoms with van der Waals surface area (Å²) < 4.78 is 13.6. The Morgan fingerprint density at radius 3 is 2.83 bits per heavy atom. The van der Waals surface area contributed by atoms with Crippen molar-refractivity contribution in [2.45, 2.75) is 18.6 Å². The van der Waals surface area contributed by atoms with E-state index in [1.165, 1.54) is 33.2 Å². The van der Waals surface area contributed by atoms with Crippen LogP contribution in [0.5, 0.6) is 0 Å². The van der Waals surface area contributed by atoms with E-state index >= 15 is 0 Å². The van der Waals surface area contributed by atoms with Crippen LogP contribution in [0.4, 0.5) is 17.3 Å². The second-order valence-corrected chi connectivity index (χ2v) is 8.58. The highest BCUT2D eigenvalue weighted by Gasteiger charge is 2.48. The second kappa shape index (κ2) is 8.62. The number of aromatic nitrogens is 4. The minimum atomic E-state index is -2.20. The topological polar surface area (TPSA) is 171 Å². The van der Waals surface area contributed by atoms with Gasteiger partial charge < -0.3 is 30.0 Å². The van der Waals surface area contributed by atoms with Crippen molar-refractivity contribution in [3.63, 3.8) is 0 Å². The van der Waals surface area contributed by atoms with E-state index in [9.17, 15) is 19.5 Å². The molecule has 0 spiro atoms. The highest BCUT2D eigenvalue weighted by atomic mass is 16.5. The molecule has 4 aromatic rings. The monoisotopic (exact) mass is 493 g/mol. The number of fused-ring (bicyclic) bond motifs is 1. The SMILES string of the molecule is Cn1cc(-n2ccc(N3CCO[C@H](C(C)(O)C(=O)Nc4ccc5c(N)noc5c4)C3=O)n2)ccc1=O. The number of benzene rings is 1. The number of morpholine rings is 1. The third-order valence-electron chi connectivity index (χ3n) is 6.00. The van der Waals surface area contributed by atoms with E-state index < -0.39 is 23.5 Å². The summed E-state index contributed by atoms with van der Waals surface area (Å²) in [7, 11) is 1.62. The maximum atomic E-state index is 13.3. The number of nitrogens with zero attached hydrogens (tertiary/aromatic N) is 5. The van der Waals surface area contributed by atoms with Crippen LogP contribution in [0.2, 0.25) is 0 Å². The number of nitrogens with one attached hydrogen (secondary N) is 1. The first-order valence-corrected chi connectivity index (χ1v) is 11.0. The molecule has 0 radical (unpaired) electrons. The Hall–Kier alpha value is -4.49. The Bertz CT molecular complexity index is 1540. The van der Waals surface area contributed by atoms with E-state index in [2.05, 4.69) is 15.6 Å². The summed E-state index contributed by atoms with van der Waals surface area (Å²) in [5, 5.41) is 22.3. The van der Waals surface area contributed by atoms with Crippen LogP contribution in [0, 0.1) is 0 Å². The molecule has 4 heterocycles. The Labute approximate surface area is 203 Å². The van der Waals surface area contributed by atoms with Crippen molar-refractivity contribution in [1.29, 1.82) is 0 Å². The molecule has 1 aromatic carbocycles. The number of nitrogens with two attached hydrogens (primary N) is 1. The van der Waals surface area contributed by atoms with Crippen molar-refractivity contribution in [1.82, 2.24) is 19.5 Å². The molecule has 0 bridgehead atoms. The van der Waals surface area contributed by atoms with Crippen LogP contribution in [0.15, 0.2) is 58.1 Å². The first-order chi connectivity index (χ1) is 17.1. The number of hydrogen-bond acceptors (Lipinski definition) is 9. The minimum absolute atomic E-state index is 0.0792. The highest BCUT2D eigenvalue weighted by Crippen LogP contribution is 2.27. The Balaban J connectivity index is 1.34. The van der Waals surface area contributed by atoms with Crippen molar-refractivity contribution < 1.29 is 24.0 Å². The number of pyridine rings is 1. The standard InChI is InChI=1S/C23H23N7O6/c1-23(34,22(33)25-13-3-5-15-16(11-13)36-27-20(15)24)19-21(32)29(9-10-35-19)17-7-8-30(26-17)14-4-6-18(31)28(2)12-14/h3-8,11-12,19,34H,9-10H2,1-2H3,(H2,24,27)(H,25,33)/t19-,23?/m0/s1. The fraction of sp³-hybridized carbons (Fsp3) is 0.261. The summed E-state index contributed by atoms with van der Waals surface area (Å²) in [6, 6.07) is 9.36. The van der Waals surface area contributed by atoms with Crippen molar-refractivity contribution in [2.24, 2.45) is 7.05 Å². The Morgan fingerprint density at radius 2 is 2.06 bits per heavy atom. The maximum Gasteiger partial charge on any atom is 0.260 e. The molecule has 13 nitrogen and oxygen atoms in total. The van der Waals surface area contributed by atoms with Crippen molar-refractivity contribution in [3.05, 3.63) is 59.1 Å². The summed E-state index contributed by atoms with van der Waals surface area (Å²) in [4.78, 5) is 39.3. The lowest BCUT2D eigenvalue weighted by Gasteiger charge is -2.37. The van der Waals surface area contributed by atoms with Gasteiger partial charge in [0.1, 0.15) is 0 Å². The number of amides is 2. The fourth-order valence-electron chi connectivity index (χ4n) is 3.94. The summed E-state index contributed by atoms with van der Waals surface area (Å²) >= 11 is 0. The number of aliphatic hydroxyl groups is 1. The van der Waals surface area contributed by atoms with Crippen LogP contribution in [-0.2, 0) is 21.4 Å². The summed E-state index contributed by atoms with van der Waals surface area (Å²) in [6.07, 6.45) is 1.78. The largest absolute Gasteiger partial charge is 0.380 e. The number of rotatable bonds is 5. The minimum Gasteiger partial charge on any atom is -0.380 e. The van der Waals surface area contributed by atoms with E-state index in [1.54, 1.807) is 43.7 Å².